The van der Waals surface area contributed by atoms with Crippen LogP contribution in [0.1, 0.15) is 16.5 Å². The summed E-state index contributed by atoms with van der Waals surface area (Å²) in [5.74, 6) is 0.472. The first-order chi connectivity index (χ1) is 8.24. The van der Waals surface area contributed by atoms with Crippen LogP contribution in [-0.2, 0) is 0 Å². The van der Waals surface area contributed by atoms with E-state index >= 15 is 0 Å². The topological polar surface area (TPSA) is 21.3 Å². The highest BCUT2D eigenvalue weighted by Gasteiger charge is 2.22. The first-order valence-electron chi connectivity index (χ1n) is 5.47. The Balaban J connectivity index is 1.92. The Labute approximate surface area is 103 Å². The molecule has 1 aliphatic rings. The quantitative estimate of drug-likeness (QED) is 0.831. The molecule has 1 aromatic carbocycles. The molecule has 0 aliphatic carbocycles. The summed E-state index contributed by atoms with van der Waals surface area (Å²) in [7, 11) is 0. The average Bonchev–Trinajstić information content (AvgIpc) is 2.74. The highest BCUT2D eigenvalue weighted by Crippen LogP contribution is 2.36. The van der Waals surface area contributed by atoms with Crippen molar-refractivity contribution >= 4 is 17.0 Å². The molecule has 88 valence electrons. The van der Waals surface area contributed by atoms with Gasteiger partial charge in [-0.3, -0.25) is 0 Å². The molecule has 1 atom stereocenters. The minimum atomic E-state index is -0.247. The van der Waals surface area contributed by atoms with Gasteiger partial charge >= 0.3 is 0 Å². The lowest BCUT2D eigenvalue weighted by Gasteiger charge is -2.27. The summed E-state index contributed by atoms with van der Waals surface area (Å²) in [5.41, 5.74) is 1.98. The summed E-state index contributed by atoms with van der Waals surface area (Å²) >= 11 is 1.70. The summed E-state index contributed by atoms with van der Waals surface area (Å²) in [6.45, 7) is 2.66. The van der Waals surface area contributed by atoms with Crippen molar-refractivity contribution in [3.8, 4) is 5.75 Å². The molecule has 4 heteroatoms. The monoisotopic (exact) mass is 249 g/mol. The number of ether oxygens (including phenoxy) is 1. The zero-order valence-corrected chi connectivity index (χ0v) is 10.2. The Bertz CT molecular complexity index is 552. The molecular formula is C13H12FNOS. The lowest BCUT2D eigenvalue weighted by molar-refractivity contribution is 0.287. The van der Waals surface area contributed by atoms with Gasteiger partial charge in [-0.05, 0) is 36.1 Å². The van der Waals surface area contributed by atoms with Crippen LogP contribution in [0.3, 0.4) is 0 Å². The third-order valence-electron chi connectivity index (χ3n) is 2.90. The van der Waals surface area contributed by atoms with E-state index in [1.807, 2.05) is 0 Å². The van der Waals surface area contributed by atoms with E-state index in [1.54, 1.807) is 17.4 Å². The third-order valence-corrected chi connectivity index (χ3v) is 4.03. The van der Waals surface area contributed by atoms with Crippen LogP contribution in [-0.4, -0.2) is 6.61 Å². The number of halogens is 1. The molecular weight excluding hydrogens is 237 g/mol. The lowest BCUT2D eigenvalue weighted by atomic mass is 10.1. The van der Waals surface area contributed by atoms with Gasteiger partial charge in [-0.1, -0.05) is 0 Å². The molecule has 1 N–H and O–H groups in total. The minimum Gasteiger partial charge on any atom is -0.489 e. The smallest absolute Gasteiger partial charge is 0.142 e. The molecule has 0 fully saturated rings. The number of hydrogen-bond acceptors (Lipinski definition) is 3. The predicted molar refractivity (Wildman–Crippen MR) is 67.3 cm³/mol. The average molecular weight is 249 g/mol. The standard InChI is InChI=1S/C13H12FNOS/c1-8-4-5-17-13(8)11-7-16-12-3-2-9(14)6-10(12)15-11/h2-6,11,15H,7H2,1H3. The second kappa shape index (κ2) is 4.04. The second-order valence-corrected chi connectivity index (χ2v) is 5.06. The molecule has 0 saturated carbocycles. The normalized spacial score (nSPS) is 18.1. The fourth-order valence-electron chi connectivity index (χ4n) is 2.03. The van der Waals surface area contributed by atoms with Gasteiger partial charge in [-0.2, -0.15) is 0 Å². The van der Waals surface area contributed by atoms with E-state index in [0.717, 1.165) is 11.4 Å². The fourth-order valence-corrected chi connectivity index (χ4v) is 2.99. The summed E-state index contributed by atoms with van der Waals surface area (Å²) in [5, 5.41) is 5.39. The maximum atomic E-state index is 13.2. The number of nitrogens with one attached hydrogen (secondary N) is 1. The molecule has 0 amide bonds. The van der Waals surface area contributed by atoms with Gasteiger partial charge in [0, 0.05) is 10.9 Å². The van der Waals surface area contributed by atoms with Crippen LogP contribution in [0.25, 0.3) is 0 Å². The van der Waals surface area contributed by atoms with Crippen molar-refractivity contribution < 1.29 is 9.13 Å². The Morgan fingerprint density at radius 1 is 1.41 bits per heavy atom. The molecule has 0 spiro atoms. The van der Waals surface area contributed by atoms with E-state index < -0.39 is 0 Å². The molecule has 0 radical (unpaired) electrons. The Kier molecular flexibility index (Phi) is 2.52. The van der Waals surface area contributed by atoms with Gasteiger partial charge in [0.1, 0.15) is 18.2 Å². The first kappa shape index (κ1) is 10.6. The predicted octanol–water partition coefficient (Wildman–Crippen LogP) is 3.74. The highest BCUT2D eigenvalue weighted by atomic mass is 32.1. The fraction of sp³-hybridized carbons (Fsp3) is 0.231. The van der Waals surface area contributed by atoms with Crippen LogP contribution in [0.5, 0.6) is 5.75 Å². The van der Waals surface area contributed by atoms with Crippen LogP contribution >= 0.6 is 11.3 Å². The minimum absolute atomic E-state index is 0.115. The van der Waals surface area contributed by atoms with Crippen molar-refractivity contribution in [2.24, 2.45) is 0 Å². The van der Waals surface area contributed by atoms with Crippen molar-refractivity contribution in [1.29, 1.82) is 0 Å². The molecule has 2 aromatic rings. The Morgan fingerprint density at radius 3 is 3.06 bits per heavy atom. The molecule has 2 nitrogen and oxygen atoms in total. The first-order valence-corrected chi connectivity index (χ1v) is 6.35. The van der Waals surface area contributed by atoms with Gasteiger partial charge in [0.05, 0.1) is 11.7 Å². The zero-order valence-electron chi connectivity index (χ0n) is 9.37. The summed E-state index contributed by atoms with van der Waals surface area (Å²) in [6.07, 6.45) is 0. The molecule has 0 bridgehead atoms. The summed E-state index contributed by atoms with van der Waals surface area (Å²) in [4.78, 5) is 1.25. The van der Waals surface area contributed by atoms with Crippen LogP contribution in [0.4, 0.5) is 10.1 Å². The molecule has 1 aromatic heterocycles. The van der Waals surface area contributed by atoms with E-state index in [1.165, 1.54) is 22.6 Å². The number of thiophene rings is 1. The zero-order chi connectivity index (χ0) is 11.8. The second-order valence-electron chi connectivity index (χ2n) is 4.12. The van der Waals surface area contributed by atoms with Crippen LogP contribution in [0, 0.1) is 12.7 Å². The van der Waals surface area contributed by atoms with Gasteiger partial charge in [0.2, 0.25) is 0 Å². The SMILES string of the molecule is Cc1ccsc1C1COc2ccc(F)cc2N1. The van der Waals surface area contributed by atoms with Gasteiger partial charge in [0.25, 0.3) is 0 Å². The lowest BCUT2D eigenvalue weighted by Crippen LogP contribution is -2.23. The van der Waals surface area contributed by atoms with E-state index in [2.05, 4.69) is 23.7 Å². The van der Waals surface area contributed by atoms with Crippen LogP contribution in [0.15, 0.2) is 29.6 Å². The van der Waals surface area contributed by atoms with Crippen LogP contribution in [0.2, 0.25) is 0 Å². The number of hydrogen-bond donors (Lipinski definition) is 1. The number of anilines is 1. The van der Waals surface area contributed by atoms with Crippen molar-refractivity contribution in [2.45, 2.75) is 13.0 Å². The third kappa shape index (κ3) is 1.89. The van der Waals surface area contributed by atoms with Crippen LogP contribution < -0.4 is 10.1 Å². The molecule has 0 saturated heterocycles. The Hall–Kier alpha value is -1.55. The van der Waals surface area contributed by atoms with Gasteiger partial charge in [-0.15, -0.1) is 11.3 Å². The molecule has 17 heavy (non-hydrogen) atoms. The van der Waals surface area contributed by atoms with Gasteiger partial charge in [-0.25, -0.2) is 4.39 Å². The largest absolute Gasteiger partial charge is 0.489 e. The van der Waals surface area contributed by atoms with Crippen molar-refractivity contribution in [3.63, 3.8) is 0 Å². The van der Waals surface area contributed by atoms with E-state index in [4.69, 9.17) is 4.74 Å². The van der Waals surface area contributed by atoms with Crippen molar-refractivity contribution in [1.82, 2.24) is 0 Å². The molecule has 1 aliphatic heterocycles. The van der Waals surface area contributed by atoms with Gasteiger partial charge < -0.3 is 10.1 Å². The van der Waals surface area contributed by atoms with Crippen molar-refractivity contribution in [3.05, 3.63) is 45.9 Å². The number of rotatable bonds is 1. The van der Waals surface area contributed by atoms with E-state index in [-0.39, 0.29) is 11.9 Å². The highest BCUT2D eigenvalue weighted by molar-refractivity contribution is 7.10. The molecule has 1 unspecified atom stereocenters. The summed E-state index contributed by atoms with van der Waals surface area (Å²) in [6, 6.07) is 6.75. The number of benzene rings is 1. The Morgan fingerprint density at radius 2 is 2.29 bits per heavy atom. The molecule has 3 rings (SSSR count). The summed E-state index contributed by atoms with van der Waals surface area (Å²) < 4.78 is 18.8. The maximum Gasteiger partial charge on any atom is 0.142 e. The maximum absolute atomic E-state index is 13.2. The van der Waals surface area contributed by atoms with E-state index in [9.17, 15) is 4.39 Å². The molecule has 2 heterocycles. The van der Waals surface area contributed by atoms with E-state index in [0.29, 0.717) is 6.61 Å². The van der Waals surface area contributed by atoms with Gasteiger partial charge in [0.15, 0.2) is 0 Å². The number of aryl methyl sites for hydroxylation is 1. The number of fused-ring (bicyclic) bond motifs is 1. The van der Waals surface area contributed by atoms with Crippen molar-refractivity contribution in [2.75, 3.05) is 11.9 Å².